The first-order valence-corrected chi connectivity index (χ1v) is 6.13. The molecule has 0 unspecified atom stereocenters. The van der Waals surface area contributed by atoms with Crippen molar-refractivity contribution in [2.75, 3.05) is 0 Å². The number of aromatic nitrogens is 4. The number of fused-ring (bicyclic) bond motifs is 1. The minimum Gasteiger partial charge on any atom is -0.478 e. The third-order valence-electron chi connectivity index (χ3n) is 2.66. The van der Waals surface area contributed by atoms with Crippen LogP contribution in [0.5, 0.6) is 0 Å². The van der Waals surface area contributed by atoms with Crippen LogP contribution < -0.4 is 0 Å². The van der Waals surface area contributed by atoms with Crippen molar-refractivity contribution in [1.82, 2.24) is 19.7 Å². The molecule has 0 saturated carbocycles. The molecule has 0 amide bonds. The van der Waals surface area contributed by atoms with Crippen LogP contribution in [0.2, 0.25) is 0 Å². The van der Waals surface area contributed by atoms with Gasteiger partial charge in [-0.15, -0.1) is 0 Å². The molecule has 19 heavy (non-hydrogen) atoms. The lowest BCUT2D eigenvalue weighted by Gasteiger charge is -2.02. The molecule has 0 aromatic carbocycles. The average molecular weight is 319 g/mol. The summed E-state index contributed by atoms with van der Waals surface area (Å²) in [6.07, 6.45) is 6.03. The molecule has 0 aliphatic heterocycles. The lowest BCUT2D eigenvalue weighted by Crippen LogP contribution is -2.01. The third-order valence-corrected chi connectivity index (χ3v) is 3.13. The Labute approximate surface area is 115 Å². The zero-order chi connectivity index (χ0) is 13.4. The SMILES string of the molecule is O=C(O)c1cncc2c1cnn2-c1ccc(Br)cn1. The Balaban J connectivity index is 2.24. The van der Waals surface area contributed by atoms with Crippen LogP contribution in [0.15, 0.2) is 41.4 Å². The van der Waals surface area contributed by atoms with Crippen molar-refractivity contribution in [3.05, 3.63) is 47.0 Å². The van der Waals surface area contributed by atoms with E-state index in [1.807, 2.05) is 6.07 Å². The minimum atomic E-state index is -1.03. The summed E-state index contributed by atoms with van der Waals surface area (Å²) < 4.78 is 2.42. The smallest absolute Gasteiger partial charge is 0.338 e. The Morgan fingerprint density at radius 2 is 2.05 bits per heavy atom. The normalized spacial score (nSPS) is 10.8. The molecule has 3 aromatic heterocycles. The molecule has 0 aliphatic carbocycles. The van der Waals surface area contributed by atoms with Gasteiger partial charge in [0.1, 0.15) is 0 Å². The first kappa shape index (κ1) is 11.8. The van der Waals surface area contributed by atoms with E-state index < -0.39 is 5.97 Å². The lowest BCUT2D eigenvalue weighted by molar-refractivity contribution is 0.0698. The monoisotopic (exact) mass is 318 g/mol. The molecule has 7 heteroatoms. The summed E-state index contributed by atoms with van der Waals surface area (Å²) in [5.74, 6) is -0.427. The number of aromatic carboxylic acids is 1. The molecule has 0 radical (unpaired) electrons. The Kier molecular flexibility index (Phi) is 2.75. The second-order valence-corrected chi connectivity index (χ2v) is 4.73. The number of nitrogens with zero attached hydrogens (tertiary/aromatic N) is 4. The highest BCUT2D eigenvalue weighted by molar-refractivity contribution is 9.10. The van der Waals surface area contributed by atoms with E-state index in [0.29, 0.717) is 16.7 Å². The van der Waals surface area contributed by atoms with Gasteiger partial charge in [0.05, 0.1) is 23.5 Å². The van der Waals surface area contributed by atoms with Crippen LogP contribution in [0.25, 0.3) is 16.7 Å². The molecule has 0 saturated heterocycles. The van der Waals surface area contributed by atoms with E-state index in [2.05, 4.69) is 31.0 Å². The standard InChI is InChI=1S/C12H7BrN4O2/c13-7-1-2-11(15-3-7)17-10-6-14-4-9(12(18)19)8(10)5-16-17/h1-6H,(H,18,19). The van der Waals surface area contributed by atoms with Gasteiger partial charge in [0, 0.05) is 22.3 Å². The van der Waals surface area contributed by atoms with Gasteiger partial charge in [-0.1, -0.05) is 0 Å². The van der Waals surface area contributed by atoms with Crippen molar-refractivity contribution in [1.29, 1.82) is 0 Å². The number of carbonyl (C=O) groups is 1. The zero-order valence-corrected chi connectivity index (χ0v) is 11.1. The Hall–Kier alpha value is -2.28. The van der Waals surface area contributed by atoms with Crippen LogP contribution in [0.1, 0.15) is 10.4 Å². The molecule has 94 valence electrons. The fraction of sp³-hybridized carbons (Fsp3) is 0. The predicted octanol–water partition coefficient (Wildman–Crippen LogP) is 2.28. The topological polar surface area (TPSA) is 80.9 Å². The van der Waals surface area contributed by atoms with E-state index in [1.165, 1.54) is 12.4 Å². The largest absolute Gasteiger partial charge is 0.478 e. The fourth-order valence-corrected chi connectivity index (χ4v) is 2.02. The molecule has 1 N–H and O–H groups in total. The molecule has 3 rings (SSSR count). The number of rotatable bonds is 2. The molecular weight excluding hydrogens is 312 g/mol. The third kappa shape index (κ3) is 1.97. The van der Waals surface area contributed by atoms with E-state index in [1.54, 1.807) is 23.1 Å². The summed E-state index contributed by atoms with van der Waals surface area (Å²) in [6, 6.07) is 3.62. The number of carboxylic acids is 1. The Morgan fingerprint density at radius 3 is 2.74 bits per heavy atom. The number of hydrogen-bond acceptors (Lipinski definition) is 4. The first-order chi connectivity index (χ1) is 9.16. The highest BCUT2D eigenvalue weighted by atomic mass is 79.9. The van der Waals surface area contributed by atoms with Crippen molar-refractivity contribution < 1.29 is 9.90 Å². The lowest BCUT2D eigenvalue weighted by atomic mass is 10.2. The van der Waals surface area contributed by atoms with Crippen LogP contribution in [-0.4, -0.2) is 30.8 Å². The molecule has 3 heterocycles. The van der Waals surface area contributed by atoms with E-state index in [0.717, 1.165) is 4.47 Å². The summed E-state index contributed by atoms with van der Waals surface area (Å²) in [5.41, 5.74) is 0.732. The summed E-state index contributed by atoms with van der Waals surface area (Å²) in [7, 11) is 0. The summed E-state index contributed by atoms with van der Waals surface area (Å²) in [6.45, 7) is 0. The van der Waals surface area contributed by atoms with E-state index in [-0.39, 0.29) is 5.56 Å². The quantitative estimate of drug-likeness (QED) is 0.784. The van der Waals surface area contributed by atoms with Gasteiger partial charge in [0.2, 0.25) is 0 Å². The van der Waals surface area contributed by atoms with E-state index >= 15 is 0 Å². The van der Waals surface area contributed by atoms with Crippen LogP contribution in [0, 0.1) is 0 Å². The Bertz CT molecular complexity index is 767. The maximum atomic E-state index is 11.1. The predicted molar refractivity (Wildman–Crippen MR) is 71.3 cm³/mol. The molecule has 3 aromatic rings. The van der Waals surface area contributed by atoms with Crippen LogP contribution in [0.3, 0.4) is 0 Å². The van der Waals surface area contributed by atoms with Crippen LogP contribution in [-0.2, 0) is 0 Å². The maximum absolute atomic E-state index is 11.1. The summed E-state index contributed by atoms with van der Waals surface area (Å²) in [5, 5.41) is 13.8. The van der Waals surface area contributed by atoms with Crippen LogP contribution >= 0.6 is 15.9 Å². The van der Waals surface area contributed by atoms with Gasteiger partial charge in [-0.05, 0) is 28.1 Å². The maximum Gasteiger partial charge on any atom is 0.338 e. The molecule has 0 aliphatic rings. The van der Waals surface area contributed by atoms with Gasteiger partial charge in [0.25, 0.3) is 0 Å². The summed E-state index contributed by atoms with van der Waals surface area (Å²) in [4.78, 5) is 19.3. The van der Waals surface area contributed by atoms with Gasteiger partial charge in [0.15, 0.2) is 5.82 Å². The highest BCUT2D eigenvalue weighted by Crippen LogP contribution is 2.20. The molecule has 0 atom stereocenters. The molecule has 0 fully saturated rings. The molecule has 0 bridgehead atoms. The van der Waals surface area contributed by atoms with Crippen molar-refractivity contribution in [3.8, 4) is 5.82 Å². The molecule has 0 spiro atoms. The number of pyridine rings is 2. The highest BCUT2D eigenvalue weighted by Gasteiger charge is 2.13. The average Bonchev–Trinajstić information content (AvgIpc) is 2.83. The van der Waals surface area contributed by atoms with Crippen LogP contribution in [0.4, 0.5) is 0 Å². The molecule has 6 nitrogen and oxygen atoms in total. The van der Waals surface area contributed by atoms with E-state index in [4.69, 9.17) is 5.11 Å². The van der Waals surface area contributed by atoms with Gasteiger partial charge in [-0.3, -0.25) is 4.98 Å². The van der Waals surface area contributed by atoms with Crippen molar-refractivity contribution in [2.24, 2.45) is 0 Å². The van der Waals surface area contributed by atoms with Gasteiger partial charge in [-0.2, -0.15) is 5.10 Å². The number of hydrogen-bond donors (Lipinski definition) is 1. The van der Waals surface area contributed by atoms with Gasteiger partial charge < -0.3 is 5.11 Å². The van der Waals surface area contributed by atoms with Gasteiger partial charge >= 0.3 is 5.97 Å². The van der Waals surface area contributed by atoms with Crippen molar-refractivity contribution in [2.45, 2.75) is 0 Å². The van der Waals surface area contributed by atoms with Crippen molar-refractivity contribution in [3.63, 3.8) is 0 Å². The summed E-state index contributed by atoms with van der Waals surface area (Å²) >= 11 is 3.31. The van der Waals surface area contributed by atoms with E-state index in [9.17, 15) is 4.79 Å². The second kappa shape index (κ2) is 4.43. The number of carboxylic acid groups (broad SMARTS) is 1. The second-order valence-electron chi connectivity index (χ2n) is 3.82. The molecular formula is C12H7BrN4O2. The van der Waals surface area contributed by atoms with Gasteiger partial charge in [-0.25, -0.2) is 14.5 Å². The number of halogens is 1. The fourth-order valence-electron chi connectivity index (χ4n) is 1.79. The Morgan fingerprint density at radius 1 is 1.21 bits per heavy atom. The zero-order valence-electron chi connectivity index (χ0n) is 9.49. The minimum absolute atomic E-state index is 0.126. The van der Waals surface area contributed by atoms with Crippen molar-refractivity contribution >= 4 is 32.8 Å². The first-order valence-electron chi connectivity index (χ1n) is 5.34.